The minimum absolute atomic E-state index is 0.000667. The lowest BCUT2D eigenvalue weighted by Crippen LogP contribution is -2.52. The van der Waals surface area contributed by atoms with Crippen LogP contribution in [0.1, 0.15) is 52.9 Å². The highest BCUT2D eigenvalue weighted by atomic mass is 16.5. The molecule has 1 rings (SSSR count). The second-order valence-corrected chi connectivity index (χ2v) is 5.08. The summed E-state index contributed by atoms with van der Waals surface area (Å²) in [6.45, 7) is 7.16. The van der Waals surface area contributed by atoms with Gasteiger partial charge in [-0.05, 0) is 32.1 Å². The number of amidine groups is 1. The number of hydrogen-bond donors (Lipinski definition) is 3. The van der Waals surface area contributed by atoms with Crippen molar-refractivity contribution in [3.8, 4) is 0 Å². The summed E-state index contributed by atoms with van der Waals surface area (Å²) in [4.78, 5) is 0. The van der Waals surface area contributed by atoms with Gasteiger partial charge in [0.05, 0.1) is 11.6 Å². The summed E-state index contributed by atoms with van der Waals surface area (Å²) in [7, 11) is 0. The monoisotopic (exact) mass is 257 g/mol. The third kappa shape index (κ3) is 3.59. The van der Waals surface area contributed by atoms with Crippen molar-refractivity contribution in [1.82, 2.24) is 5.32 Å². The lowest BCUT2D eigenvalue weighted by atomic mass is 9.85. The van der Waals surface area contributed by atoms with E-state index in [1.165, 1.54) is 0 Å². The Morgan fingerprint density at radius 1 is 1.50 bits per heavy atom. The zero-order valence-corrected chi connectivity index (χ0v) is 11.8. The Hall–Kier alpha value is -0.810. The van der Waals surface area contributed by atoms with E-state index >= 15 is 0 Å². The highest BCUT2D eigenvalue weighted by Gasteiger charge is 2.35. The molecule has 0 saturated carbocycles. The Morgan fingerprint density at radius 3 is 2.67 bits per heavy atom. The number of ether oxygens (including phenoxy) is 1. The molecule has 0 spiro atoms. The number of nitrogens with two attached hydrogens (primary N) is 1. The molecule has 5 heteroatoms. The fourth-order valence-electron chi connectivity index (χ4n) is 2.68. The summed E-state index contributed by atoms with van der Waals surface area (Å²) in [6.07, 6.45) is 4.86. The smallest absolute Gasteiger partial charge is 0.156 e. The van der Waals surface area contributed by atoms with Gasteiger partial charge in [-0.25, -0.2) is 0 Å². The van der Waals surface area contributed by atoms with Crippen molar-refractivity contribution >= 4 is 5.84 Å². The SMILES string of the molecule is CCC(NC1CCOC(CC)(CC)C1)C(N)=NO. The van der Waals surface area contributed by atoms with E-state index in [0.29, 0.717) is 6.04 Å². The lowest BCUT2D eigenvalue weighted by molar-refractivity contribution is -0.0935. The van der Waals surface area contributed by atoms with Crippen LogP contribution in [0.5, 0.6) is 0 Å². The third-order valence-corrected chi connectivity index (χ3v) is 4.10. The second-order valence-electron chi connectivity index (χ2n) is 5.08. The first-order valence-electron chi connectivity index (χ1n) is 6.98. The molecule has 4 N–H and O–H groups in total. The Labute approximate surface area is 110 Å². The van der Waals surface area contributed by atoms with E-state index in [1.54, 1.807) is 0 Å². The minimum Gasteiger partial charge on any atom is -0.409 e. The van der Waals surface area contributed by atoms with Crippen LogP contribution < -0.4 is 11.1 Å². The summed E-state index contributed by atoms with van der Waals surface area (Å²) in [6, 6.07) is 0.327. The molecule has 0 amide bonds. The predicted molar refractivity (Wildman–Crippen MR) is 72.9 cm³/mol. The van der Waals surface area contributed by atoms with Crippen molar-refractivity contribution in [3.05, 3.63) is 0 Å². The molecule has 0 bridgehead atoms. The highest BCUT2D eigenvalue weighted by Crippen LogP contribution is 2.31. The maximum absolute atomic E-state index is 8.76. The molecule has 1 saturated heterocycles. The topological polar surface area (TPSA) is 79.9 Å². The van der Waals surface area contributed by atoms with Gasteiger partial charge in [0.1, 0.15) is 0 Å². The molecule has 0 aromatic carbocycles. The Bertz CT molecular complexity index is 277. The molecule has 0 aromatic heterocycles. The Balaban J connectivity index is 2.61. The van der Waals surface area contributed by atoms with Gasteiger partial charge in [0.25, 0.3) is 0 Å². The van der Waals surface area contributed by atoms with Crippen LogP contribution in [0.2, 0.25) is 0 Å². The minimum atomic E-state index is -0.0514. The normalized spacial score (nSPS) is 25.9. The molecule has 18 heavy (non-hydrogen) atoms. The first-order valence-corrected chi connectivity index (χ1v) is 6.98. The molecule has 2 atom stereocenters. The molecule has 5 nitrogen and oxygen atoms in total. The van der Waals surface area contributed by atoms with E-state index < -0.39 is 0 Å². The number of nitrogens with one attached hydrogen (secondary N) is 1. The average Bonchev–Trinajstić information content (AvgIpc) is 2.44. The molecule has 1 fully saturated rings. The van der Waals surface area contributed by atoms with Gasteiger partial charge in [0, 0.05) is 12.6 Å². The van der Waals surface area contributed by atoms with Crippen LogP contribution in [0.4, 0.5) is 0 Å². The Kier molecular flexibility index (Phi) is 5.88. The number of nitrogens with zero attached hydrogens (tertiary/aromatic N) is 1. The van der Waals surface area contributed by atoms with Crippen molar-refractivity contribution < 1.29 is 9.94 Å². The van der Waals surface area contributed by atoms with Crippen molar-refractivity contribution in [3.63, 3.8) is 0 Å². The highest BCUT2D eigenvalue weighted by molar-refractivity contribution is 5.85. The van der Waals surface area contributed by atoms with Crippen LogP contribution in [0.15, 0.2) is 5.16 Å². The third-order valence-electron chi connectivity index (χ3n) is 4.10. The second kappa shape index (κ2) is 6.95. The average molecular weight is 257 g/mol. The van der Waals surface area contributed by atoms with E-state index in [9.17, 15) is 0 Å². The van der Waals surface area contributed by atoms with E-state index in [1.807, 2.05) is 6.92 Å². The molecule has 1 heterocycles. The first kappa shape index (κ1) is 15.2. The molecule has 1 aliphatic rings. The fraction of sp³-hybridized carbons (Fsp3) is 0.923. The van der Waals surface area contributed by atoms with Crippen molar-refractivity contribution in [2.75, 3.05) is 6.61 Å². The predicted octanol–water partition coefficient (Wildman–Crippen LogP) is 1.84. The maximum atomic E-state index is 8.76. The molecule has 0 aliphatic carbocycles. The zero-order chi connectivity index (χ0) is 13.6. The summed E-state index contributed by atoms with van der Waals surface area (Å²) in [5.41, 5.74) is 5.68. The molecule has 2 unspecified atom stereocenters. The van der Waals surface area contributed by atoms with E-state index in [0.717, 1.165) is 38.7 Å². The van der Waals surface area contributed by atoms with Crippen LogP contribution in [0, 0.1) is 0 Å². The van der Waals surface area contributed by atoms with Gasteiger partial charge in [-0.3, -0.25) is 0 Å². The lowest BCUT2D eigenvalue weighted by Gasteiger charge is -2.41. The van der Waals surface area contributed by atoms with Crippen LogP contribution in [-0.2, 0) is 4.74 Å². The van der Waals surface area contributed by atoms with Gasteiger partial charge < -0.3 is 21.0 Å². The van der Waals surface area contributed by atoms with Gasteiger partial charge in [-0.15, -0.1) is 0 Å². The maximum Gasteiger partial charge on any atom is 0.156 e. The van der Waals surface area contributed by atoms with Gasteiger partial charge in [-0.2, -0.15) is 0 Å². The summed E-state index contributed by atoms with van der Waals surface area (Å²) >= 11 is 0. The van der Waals surface area contributed by atoms with Crippen molar-refractivity contribution in [1.29, 1.82) is 0 Å². The largest absolute Gasteiger partial charge is 0.409 e. The van der Waals surface area contributed by atoms with E-state index in [-0.39, 0.29) is 17.5 Å². The van der Waals surface area contributed by atoms with Crippen LogP contribution in [0.25, 0.3) is 0 Å². The van der Waals surface area contributed by atoms with Gasteiger partial charge in [0.2, 0.25) is 0 Å². The van der Waals surface area contributed by atoms with Crippen LogP contribution in [0.3, 0.4) is 0 Å². The number of oxime groups is 1. The molecule has 0 radical (unpaired) electrons. The fourth-order valence-corrected chi connectivity index (χ4v) is 2.68. The van der Waals surface area contributed by atoms with Crippen molar-refractivity contribution in [2.45, 2.75) is 70.6 Å². The molecule has 1 aliphatic heterocycles. The van der Waals surface area contributed by atoms with E-state index in [4.69, 9.17) is 15.7 Å². The van der Waals surface area contributed by atoms with E-state index in [2.05, 4.69) is 24.3 Å². The van der Waals surface area contributed by atoms with Gasteiger partial charge >= 0.3 is 0 Å². The zero-order valence-electron chi connectivity index (χ0n) is 11.8. The molecular formula is C13H27N3O2. The van der Waals surface area contributed by atoms with Gasteiger partial charge in [-0.1, -0.05) is 25.9 Å². The standard InChI is InChI=1S/C13H27N3O2/c1-4-11(12(14)16-17)15-10-7-8-18-13(5-2,6-3)9-10/h10-11,15,17H,4-9H2,1-3H3,(H2,14,16). The molecule has 106 valence electrons. The summed E-state index contributed by atoms with van der Waals surface area (Å²) < 4.78 is 5.95. The molecule has 0 aromatic rings. The number of rotatable bonds is 6. The molecular weight excluding hydrogens is 230 g/mol. The summed E-state index contributed by atoms with van der Waals surface area (Å²) in [5.74, 6) is 0.266. The quantitative estimate of drug-likeness (QED) is 0.293. The van der Waals surface area contributed by atoms with Crippen molar-refractivity contribution in [2.24, 2.45) is 10.9 Å². The Morgan fingerprint density at radius 2 is 2.17 bits per heavy atom. The summed E-state index contributed by atoms with van der Waals surface area (Å²) in [5, 5.41) is 15.3. The van der Waals surface area contributed by atoms with Crippen LogP contribution in [-0.4, -0.2) is 35.3 Å². The number of hydrogen-bond acceptors (Lipinski definition) is 4. The van der Waals surface area contributed by atoms with Crippen LogP contribution >= 0.6 is 0 Å². The first-order chi connectivity index (χ1) is 8.60. The van der Waals surface area contributed by atoms with Gasteiger partial charge in [0.15, 0.2) is 5.84 Å².